The highest BCUT2D eigenvalue weighted by Crippen LogP contribution is 2.44. The molecular formula is C24H24ClNO5. The van der Waals surface area contributed by atoms with Crippen LogP contribution >= 0.6 is 11.6 Å². The van der Waals surface area contributed by atoms with Crippen LogP contribution in [0.4, 0.5) is 0 Å². The van der Waals surface area contributed by atoms with Gasteiger partial charge in [-0.1, -0.05) is 36.6 Å². The number of hydrogen-bond acceptors (Lipinski definition) is 5. The van der Waals surface area contributed by atoms with E-state index < -0.39 is 17.7 Å². The van der Waals surface area contributed by atoms with Crippen LogP contribution in [0.3, 0.4) is 0 Å². The molecule has 1 atom stereocenters. The fourth-order valence-electron chi connectivity index (χ4n) is 4.51. The van der Waals surface area contributed by atoms with Gasteiger partial charge < -0.3 is 19.5 Å². The van der Waals surface area contributed by atoms with E-state index in [-0.39, 0.29) is 28.0 Å². The highest BCUT2D eigenvalue weighted by atomic mass is 35.5. The maximum absolute atomic E-state index is 13.2. The molecule has 1 saturated heterocycles. The molecule has 1 amide bonds. The third kappa shape index (κ3) is 3.76. The maximum atomic E-state index is 13.2. The van der Waals surface area contributed by atoms with E-state index in [9.17, 15) is 14.7 Å². The highest BCUT2D eigenvalue weighted by Gasteiger charge is 2.49. The van der Waals surface area contributed by atoms with Crippen molar-refractivity contribution < 1.29 is 24.2 Å². The lowest BCUT2D eigenvalue weighted by Gasteiger charge is -2.31. The Kier molecular flexibility index (Phi) is 5.92. The summed E-state index contributed by atoms with van der Waals surface area (Å²) in [6.07, 6.45) is 3.65. The lowest BCUT2D eigenvalue weighted by Crippen LogP contribution is -2.37. The average Bonchev–Trinajstić information content (AvgIpc) is 3.40. The number of amides is 1. The maximum Gasteiger partial charge on any atom is 0.295 e. The van der Waals surface area contributed by atoms with E-state index in [1.807, 2.05) is 12.1 Å². The number of ether oxygens (including phenoxy) is 2. The summed E-state index contributed by atoms with van der Waals surface area (Å²) in [5, 5.41) is 11.5. The zero-order valence-corrected chi connectivity index (χ0v) is 18.2. The molecule has 2 aromatic rings. The van der Waals surface area contributed by atoms with Gasteiger partial charge in [0.1, 0.15) is 17.3 Å². The molecule has 1 N–H and O–H groups in total. The predicted octanol–water partition coefficient (Wildman–Crippen LogP) is 4.72. The largest absolute Gasteiger partial charge is 0.507 e. The number of likely N-dealkylation sites (tertiary alicyclic amines) is 1. The first kappa shape index (κ1) is 21.2. The van der Waals surface area contributed by atoms with Crippen LogP contribution in [0.2, 0.25) is 5.02 Å². The Morgan fingerprint density at radius 1 is 1.03 bits per heavy atom. The van der Waals surface area contributed by atoms with Gasteiger partial charge in [0.25, 0.3) is 11.7 Å². The van der Waals surface area contributed by atoms with E-state index in [0.29, 0.717) is 17.1 Å². The second-order valence-electron chi connectivity index (χ2n) is 7.77. The third-order valence-electron chi connectivity index (χ3n) is 6.04. The van der Waals surface area contributed by atoms with Crippen molar-refractivity contribution in [1.82, 2.24) is 4.90 Å². The van der Waals surface area contributed by atoms with Gasteiger partial charge in [-0.3, -0.25) is 9.59 Å². The number of nitrogens with zero attached hydrogens (tertiary/aromatic N) is 1. The summed E-state index contributed by atoms with van der Waals surface area (Å²) < 4.78 is 10.6. The third-order valence-corrected chi connectivity index (χ3v) is 6.37. The number of aliphatic hydroxyl groups is 1. The molecule has 31 heavy (non-hydrogen) atoms. The van der Waals surface area contributed by atoms with Crippen molar-refractivity contribution in [3.05, 3.63) is 64.2 Å². The Balaban J connectivity index is 1.92. The zero-order valence-electron chi connectivity index (χ0n) is 17.4. The van der Waals surface area contributed by atoms with E-state index >= 15 is 0 Å². The van der Waals surface area contributed by atoms with Crippen molar-refractivity contribution in [2.45, 2.75) is 37.8 Å². The minimum absolute atomic E-state index is 0.0281. The summed E-state index contributed by atoms with van der Waals surface area (Å²) in [7, 11) is 3.06. The van der Waals surface area contributed by atoms with Crippen molar-refractivity contribution >= 4 is 29.1 Å². The van der Waals surface area contributed by atoms with Gasteiger partial charge in [0, 0.05) is 11.6 Å². The Bertz CT molecular complexity index is 1060. The lowest BCUT2D eigenvalue weighted by molar-refractivity contribution is -0.141. The highest BCUT2D eigenvalue weighted by molar-refractivity contribution is 6.47. The molecule has 1 unspecified atom stereocenters. The second kappa shape index (κ2) is 8.63. The van der Waals surface area contributed by atoms with Crippen molar-refractivity contribution in [2.24, 2.45) is 0 Å². The van der Waals surface area contributed by atoms with Crippen molar-refractivity contribution in [3.8, 4) is 11.5 Å². The number of Topliss-reactive ketones (excluding diaryl/α,β-unsaturated/α-hetero) is 1. The number of carbonyl (C=O) groups is 2. The van der Waals surface area contributed by atoms with Crippen LogP contribution in [-0.2, 0) is 9.59 Å². The van der Waals surface area contributed by atoms with Gasteiger partial charge in [-0.15, -0.1) is 0 Å². The van der Waals surface area contributed by atoms with Gasteiger partial charge >= 0.3 is 0 Å². The fourth-order valence-corrected chi connectivity index (χ4v) is 4.71. The van der Waals surface area contributed by atoms with Gasteiger partial charge in [-0.2, -0.15) is 0 Å². The van der Waals surface area contributed by atoms with Crippen LogP contribution in [0.5, 0.6) is 11.5 Å². The molecule has 7 heteroatoms. The summed E-state index contributed by atoms with van der Waals surface area (Å²) in [6.45, 7) is 0. The SMILES string of the molecule is COc1cccc(C2/C(=C(\O)c3cc(OC)ccc3Cl)C(=O)C(=O)N2C2CCCC2)c1. The zero-order chi connectivity index (χ0) is 22.1. The van der Waals surface area contributed by atoms with Crippen LogP contribution in [0, 0.1) is 0 Å². The van der Waals surface area contributed by atoms with Gasteiger partial charge in [-0.25, -0.2) is 0 Å². The Morgan fingerprint density at radius 2 is 1.71 bits per heavy atom. The summed E-state index contributed by atoms with van der Waals surface area (Å²) in [5.74, 6) is -0.533. The number of methoxy groups -OCH3 is 2. The second-order valence-corrected chi connectivity index (χ2v) is 8.17. The normalized spacial score (nSPS) is 21.0. The van der Waals surface area contributed by atoms with Crippen molar-refractivity contribution in [1.29, 1.82) is 0 Å². The molecular weight excluding hydrogens is 418 g/mol. The molecule has 2 aliphatic rings. The molecule has 2 aromatic carbocycles. The van der Waals surface area contributed by atoms with E-state index in [2.05, 4.69) is 0 Å². The lowest BCUT2D eigenvalue weighted by atomic mass is 9.94. The topological polar surface area (TPSA) is 76.1 Å². The van der Waals surface area contributed by atoms with E-state index in [0.717, 1.165) is 25.7 Å². The molecule has 0 bridgehead atoms. The monoisotopic (exact) mass is 441 g/mol. The number of benzene rings is 2. The van der Waals surface area contributed by atoms with Gasteiger partial charge in [0.15, 0.2) is 0 Å². The first-order valence-electron chi connectivity index (χ1n) is 10.2. The number of carbonyl (C=O) groups excluding carboxylic acids is 2. The summed E-state index contributed by atoms with van der Waals surface area (Å²) in [6, 6.07) is 11.3. The molecule has 4 rings (SSSR count). The standard InChI is InChI=1S/C24H24ClNO5/c1-30-16-9-5-6-14(12-16)21-20(22(27)18-13-17(31-2)10-11-19(18)25)23(28)24(29)26(21)15-7-3-4-8-15/h5-6,9-13,15,21,27H,3-4,7-8H2,1-2H3/b22-20+. The number of hydrogen-bond donors (Lipinski definition) is 1. The number of aliphatic hydroxyl groups excluding tert-OH is 1. The molecule has 1 heterocycles. The van der Waals surface area contributed by atoms with Gasteiger partial charge in [0.05, 0.1) is 30.9 Å². The summed E-state index contributed by atoms with van der Waals surface area (Å²) >= 11 is 6.34. The van der Waals surface area contributed by atoms with Crippen LogP contribution < -0.4 is 9.47 Å². The molecule has 1 aliphatic carbocycles. The number of rotatable bonds is 5. The number of halogens is 1. The molecule has 1 saturated carbocycles. The van der Waals surface area contributed by atoms with Gasteiger partial charge in [0.2, 0.25) is 0 Å². The quantitative estimate of drug-likeness (QED) is 0.412. The first-order valence-corrected chi connectivity index (χ1v) is 10.6. The number of ketones is 1. The molecule has 0 radical (unpaired) electrons. The molecule has 0 spiro atoms. The van der Waals surface area contributed by atoms with E-state index in [4.69, 9.17) is 21.1 Å². The van der Waals surface area contributed by atoms with Gasteiger partial charge in [-0.05, 0) is 48.7 Å². The molecule has 2 fully saturated rings. The Morgan fingerprint density at radius 3 is 2.39 bits per heavy atom. The Labute approximate surface area is 186 Å². The molecule has 1 aliphatic heterocycles. The van der Waals surface area contributed by atoms with Crippen LogP contribution in [-0.4, -0.2) is 42.0 Å². The van der Waals surface area contributed by atoms with Crippen molar-refractivity contribution in [2.75, 3.05) is 14.2 Å². The van der Waals surface area contributed by atoms with Crippen LogP contribution in [0.15, 0.2) is 48.0 Å². The minimum atomic E-state index is -0.722. The summed E-state index contributed by atoms with van der Waals surface area (Å²) in [4.78, 5) is 27.9. The summed E-state index contributed by atoms with van der Waals surface area (Å²) in [5.41, 5.74) is 0.977. The van der Waals surface area contributed by atoms with Crippen LogP contribution in [0.1, 0.15) is 42.9 Å². The predicted molar refractivity (Wildman–Crippen MR) is 117 cm³/mol. The average molecular weight is 442 g/mol. The Hall–Kier alpha value is -2.99. The molecule has 6 nitrogen and oxygen atoms in total. The van der Waals surface area contributed by atoms with Crippen LogP contribution in [0.25, 0.3) is 5.76 Å². The molecule has 162 valence electrons. The molecule has 0 aromatic heterocycles. The smallest absolute Gasteiger partial charge is 0.295 e. The minimum Gasteiger partial charge on any atom is -0.507 e. The fraction of sp³-hybridized carbons (Fsp3) is 0.333. The van der Waals surface area contributed by atoms with Crippen molar-refractivity contribution in [3.63, 3.8) is 0 Å². The van der Waals surface area contributed by atoms with E-state index in [1.165, 1.54) is 7.11 Å². The van der Waals surface area contributed by atoms with E-state index in [1.54, 1.807) is 42.3 Å². The first-order chi connectivity index (χ1) is 15.0.